The third kappa shape index (κ3) is 4.10. The molecular weight excluding hydrogens is 384 g/mol. The van der Waals surface area contributed by atoms with Crippen molar-refractivity contribution in [1.29, 1.82) is 0 Å². The molecule has 0 unspecified atom stereocenters. The Hall–Kier alpha value is -3.87. The molecule has 30 heavy (non-hydrogen) atoms. The minimum atomic E-state index is -0.335. The van der Waals surface area contributed by atoms with E-state index in [9.17, 15) is 4.79 Å². The van der Waals surface area contributed by atoms with Crippen LogP contribution in [0, 0.1) is 0 Å². The van der Waals surface area contributed by atoms with E-state index in [2.05, 4.69) is 5.32 Å². The number of nitrogens with two attached hydrogens (primary N) is 1. The van der Waals surface area contributed by atoms with Crippen molar-refractivity contribution in [2.75, 3.05) is 32.4 Å². The van der Waals surface area contributed by atoms with E-state index in [0.717, 1.165) is 11.1 Å². The van der Waals surface area contributed by atoms with Crippen molar-refractivity contribution in [1.82, 2.24) is 0 Å². The number of ether oxygens (including phenoxy) is 3. The molecule has 7 heteroatoms. The zero-order valence-electron chi connectivity index (χ0n) is 17.3. The topological polar surface area (TPSA) is 96.0 Å². The molecule has 0 aliphatic heterocycles. The Morgan fingerprint density at radius 2 is 1.70 bits per heavy atom. The van der Waals surface area contributed by atoms with E-state index in [-0.39, 0.29) is 5.91 Å². The van der Waals surface area contributed by atoms with Crippen LogP contribution in [0.3, 0.4) is 0 Å². The van der Waals surface area contributed by atoms with E-state index in [0.29, 0.717) is 40.1 Å². The summed E-state index contributed by atoms with van der Waals surface area (Å²) in [5.74, 6) is 1.81. The Morgan fingerprint density at radius 3 is 2.30 bits per heavy atom. The molecule has 0 fully saturated rings. The van der Waals surface area contributed by atoms with Crippen molar-refractivity contribution in [3.05, 3.63) is 59.7 Å². The second kappa shape index (κ2) is 9.09. The van der Waals surface area contributed by atoms with Gasteiger partial charge in [-0.05, 0) is 49.4 Å². The molecule has 7 nitrogen and oxygen atoms in total. The standard InChI is InChI=1S/C23H24N2O5/c1-5-6-15-13-19(30-22(15)24)14-7-9-16(10-8-14)25-23(26)17-11-12-18(27-2)21(29-4)20(17)28-3/h5-13H,24H2,1-4H3,(H,25,26)/b6-5-. The number of methoxy groups -OCH3 is 3. The van der Waals surface area contributed by atoms with E-state index < -0.39 is 0 Å². The first-order valence-electron chi connectivity index (χ1n) is 9.25. The Kier molecular flexibility index (Phi) is 6.32. The van der Waals surface area contributed by atoms with Crippen LogP contribution in [0.25, 0.3) is 17.4 Å². The van der Waals surface area contributed by atoms with Gasteiger partial charge in [-0.25, -0.2) is 0 Å². The number of allylic oxidation sites excluding steroid dienone is 1. The average molecular weight is 408 g/mol. The first-order chi connectivity index (χ1) is 14.5. The summed E-state index contributed by atoms with van der Waals surface area (Å²) in [6, 6.07) is 12.4. The fourth-order valence-electron chi connectivity index (χ4n) is 3.07. The van der Waals surface area contributed by atoms with Crippen LogP contribution in [0.4, 0.5) is 11.6 Å². The van der Waals surface area contributed by atoms with Crippen LogP contribution in [0.5, 0.6) is 17.2 Å². The van der Waals surface area contributed by atoms with Gasteiger partial charge >= 0.3 is 0 Å². The quantitative estimate of drug-likeness (QED) is 0.581. The highest BCUT2D eigenvalue weighted by atomic mass is 16.5. The van der Waals surface area contributed by atoms with Crippen molar-refractivity contribution in [2.24, 2.45) is 0 Å². The molecule has 0 radical (unpaired) electrons. The average Bonchev–Trinajstić information content (AvgIpc) is 3.13. The molecule has 0 aliphatic rings. The minimum Gasteiger partial charge on any atom is -0.493 e. The lowest BCUT2D eigenvalue weighted by Gasteiger charge is -2.15. The number of nitrogens with one attached hydrogen (secondary N) is 1. The zero-order chi connectivity index (χ0) is 21.7. The van der Waals surface area contributed by atoms with Crippen LogP contribution < -0.4 is 25.3 Å². The summed E-state index contributed by atoms with van der Waals surface area (Å²) in [5.41, 5.74) is 8.51. The van der Waals surface area contributed by atoms with E-state index in [1.54, 1.807) is 24.3 Å². The number of rotatable bonds is 7. The number of anilines is 2. The summed E-state index contributed by atoms with van der Waals surface area (Å²) in [7, 11) is 4.48. The Balaban J connectivity index is 1.82. The predicted molar refractivity (Wildman–Crippen MR) is 117 cm³/mol. The van der Waals surface area contributed by atoms with Gasteiger partial charge in [-0.1, -0.05) is 12.2 Å². The summed E-state index contributed by atoms with van der Waals surface area (Å²) >= 11 is 0. The smallest absolute Gasteiger partial charge is 0.259 e. The van der Waals surface area contributed by atoms with Crippen molar-refractivity contribution in [3.8, 4) is 28.6 Å². The summed E-state index contributed by atoms with van der Waals surface area (Å²) < 4.78 is 21.6. The molecule has 156 valence electrons. The van der Waals surface area contributed by atoms with Crippen molar-refractivity contribution in [2.45, 2.75) is 6.92 Å². The van der Waals surface area contributed by atoms with E-state index in [4.69, 9.17) is 24.4 Å². The van der Waals surface area contributed by atoms with E-state index in [1.807, 2.05) is 37.3 Å². The summed E-state index contributed by atoms with van der Waals surface area (Å²) in [4.78, 5) is 12.8. The lowest BCUT2D eigenvalue weighted by molar-refractivity contribution is 0.102. The Morgan fingerprint density at radius 1 is 1.00 bits per heavy atom. The molecule has 1 heterocycles. The molecule has 3 rings (SSSR count). The number of nitrogen functional groups attached to an aromatic ring is 1. The molecule has 1 aromatic heterocycles. The molecule has 3 aromatic rings. The third-order valence-electron chi connectivity index (χ3n) is 4.51. The molecule has 0 bridgehead atoms. The predicted octanol–water partition coefficient (Wildman–Crippen LogP) is 4.84. The molecule has 1 amide bonds. The molecule has 2 aromatic carbocycles. The largest absolute Gasteiger partial charge is 0.493 e. The van der Waals surface area contributed by atoms with Gasteiger partial charge in [-0.15, -0.1) is 0 Å². The highest BCUT2D eigenvalue weighted by Gasteiger charge is 2.20. The molecule has 3 N–H and O–H groups in total. The molecule has 0 aliphatic carbocycles. The number of carbonyl (C=O) groups is 1. The second-order valence-electron chi connectivity index (χ2n) is 6.34. The molecule has 0 saturated carbocycles. The summed E-state index contributed by atoms with van der Waals surface area (Å²) in [6.45, 7) is 1.91. The van der Waals surface area contributed by atoms with Gasteiger partial charge in [0.2, 0.25) is 5.75 Å². The Labute approximate surface area is 175 Å². The Bertz CT molecular complexity index is 1070. The van der Waals surface area contributed by atoms with Crippen molar-refractivity contribution < 1.29 is 23.4 Å². The van der Waals surface area contributed by atoms with Gasteiger partial charge in [0.05, 0.1) is 26.9 Å². The van der Waals surface area contributed by atoms with E-state index >= 15 is 0 Å². The van der Waals surface area contributed by atoms with Crippen LogP contribution in [0.2, 0.25) is 0 Å². The van der Waals surface area contributed by atoms with Gasteiger partial charge in [0.1, 0.15) is 5.76 Å². The number of amides is 1. The monoisotopic (exact) mass is 408 g/mol. The van der Waals surface area contributed by atoms with Crippen molar-refractivity contribution >= 4 is 23.6 Å². The second-order valence-corrected chi connectivity index (χ2v) is 6.34. The zero-order valence-corrected chi connectivity index (χ0v) is 17.3. The van der Waals surface area contributed by atoms with Gasteiger partial charge < -0.3 is 29.7 Å². The number of carbonyl (C=O) groups excluding carboxylic acids is 1. The number of benzene rings is 2. The third-order valence-corrected chi connectivity index (χ3v) is 4.51. The van der Waals surface area contributed by atoms with Crippen LogP contribution >= 0.6 is 0 Å². The normalized spacial score (nSPS) is 10.8. The summed E-state index contributed by atoms with van der Waals surface area (Å²) in [5, 5.41) is 2.86. The van der Waals surface area contributed by atoms with E-state index in [1.165, 1.54) is 21.3 Å². The summed E-state index contributed by atoms with van der Waals surface area (Å²) in [6.07, 6.45) is 3.78. The molecule has 0 spiro atoms. The molecular formula is C23H24N2O5. The molecule has 0 saturated heterocycles. The lowest BCUT2D eigenvalue weighted by atomic mass is 10.1. The maximum Gasteiger partial charge on any atom is 0.259 e. The highest BCUT2D eigenvalue weighted by Crippen LogP contribution is 2.40. The van der Waals surface area contributed by atoms with Gasteiger partial charge in [-0.2, -0.15) is 0 Å². The first-order valence-corrected chi connectivity index (χ1v) is 9.25. The van der Waals surface area contributed by atoms with Crippen LogP contribution in [0.15, 0.2) is 53.0 Å². The minimum absolute atomic E-state index is 0.300. The van der Waals surface area contributed by atoms with Gasteiger partial charge in [0, 0.05) is 16.8 Å². The van der Waals surface area contributed by atoms with Gasteiger partial charge in [-0.3, -0.25) is 4.79 Å². The SMILES string of the molecule is C/C=C\c1cc(-c2ccc(NC(=O)c3ccc(OC)c(OC)c3OC)cc2)oc1N. The number of hydrogen-bond donors (Lipinski definition) is 2. The lowest BCUT2D eigenvalue weighted by Crippen LogP contribution is -2.14. The molecule has 0 atom stereocenters. The van der Waals surface area contributed by atoms with Crippen LogP contribution in [-0.4, -0.2) is 27.2 Å². The van der Waals surface area contributed by atoms with Gasteiger partial charge in [0.15, 0.2) is 17.4 Å². The number of hydrogen-bond acceptors (Lipinski definition) is 6. The van der Waals surface area contributed by atoms with Crippen molar-refractivity contribution in [3.63, 3.8) is 0 Å². The maximum absolute atomic E-state index is 12.8. The maximum atomic E-state index is 12.8. The fraction of sp³-hybridized carbons (Fsp3) is 0.174. The van der Waals surface area contributed by atoms with Gasteiger partial charge in [0.25, 0.3) is 5.91 Å². The van der Waals surface area contributed by atoms with Crippen LogP contribution in [0.1, 0.15) is 22.8 Å². The first kappa shape index (κ1) is 20.9. The highest BCUT2D eigenvalue weighted by molar-refractivity contribution is 6.07. The fourth-order valence-corrected chi connectivity index (χ4v) is 3.07. The van der Waals surface area contributed by atoms with Crippen LogP contribution in [-0.2, 0) is 0 Å². The number of furan rings is 1.